The third kappa shape index (κ3) is 2.53. The minimum Gasteiger partial charge on any atom is -0.399 e. The minimum atomic E-state index is 0.841. The van der Waals surface area contributed by atoms with Crippen LogP contribution in [0.2, 0.25) is 0 Å². The Morgan fingerprint density at radius 1 is 1.28 bits per heavy atom. The summed E-state index contributed by atoms with van der Waals surface area (Å²) in [5.41, 5.74) is 8.02. The van der Waals surface area contributed by atoms with Gasteiger partial charge in [0.25, 0.3) is 0 Å². The first-order valence-electron chi connectivity index (χ1n) is 5.74. The monoisotopic (exact) mass is 340 g/mol. The summed E-state index contributed by atoms with van der Waals surface area (Å²) in [7, 11) is 0. The Morgan fingerprint density at radius 2 is 2.17 bits per heavy atom. The molecular weight excluding hydrogens is 328 g/mol. The highest BCUT2D eigenvalue weighted by Crippen LogP contribution is 2.37. The molecule has 18 heavy (non-hydrogen) atoms. The number of thioether (sulfide) groups is 1. The zero-order valence-electron chi connectivity index (χ0n) is 9.73. The van der Waals surface area contributed by atoms with Crippen molar-refractivity contribution in [1.82, 2.24) is 0 Å². The van der Waals surface area contributed by atoms with E-state index in [1.807, 2.05) is 17.8 Å². The smallest absolute Gasteiger partial charge is 0.0702 e. The molecule has 0 bridgehead atoms. The van der Waals surface area contributed by atoms with E-state index in [-0.39, 0.29) is 0 Å². The number of halogens is 1. The van der Waals surface area contributed by atoms with Crippen LogP contribution in [0.5, 0.6) is 0 Å². The van der Waals surface area contributed by atoms with E-state index < -0.39 is 0 Å². The van der Waals surface area contributed by atoms with Gasteiger partial charge in [0.2, 0.25) is 0 Å². The van der Waals surface area contributed by atoms with Crippen LogP contribution in [-0.2, 0) is 6.54 Å². The average Bonchev–Trinajstić information content (AvgIpc) is 2.76. The van der Waals surface area contributed by atoms with Crippen molar-refractivity contribution in [2.45, 2.75) is 11.4 Å². The topological polar surface area (TPSA) is 29.3 Å². The molecule has 94 valence electrons. The predicted octanol–water partition coefficient (Wildman–Crippen LogP) is 4.21. The zero-order chi connectivity index (χ0) is 12.5. The highest BCUT2D eigenvalue weighted by molar-refractivity contribution is 9.11. The van der Waals surface area contributed by atoms with E-state index in [2.05, 4.69) is 45.1 Å². The van der Waals surface area contributed by atoms with Crippen molar-refractivity contribution < 1.29 is 0 Å². The van der Waals surface area contributed by atoms with E-state index in [9.17, 15) is 0 Å². The van der Waals surface area contributed by atoms with E-state index >= 15 is 0 Å². The maximum absolute atomic E-state index is 5.90. The fraction of sp³-hybridized carbons (Fsp3) is 0.231. The van der Waals surface area contributed by atoms with Gasteiger partial charge in [0.15, 0.2) is 0 Å². The normalized spacial score (nSPS) is 14.6. The maximum atomic E-state index is 5.90. The number of hydrogen-bond acceptors (Lipinski definition) is 4. The Kier molecular flexibility index (Phi) is 3.54. The van der Waals surface area contributed by atoms with Crippen molar-refractivity contribution in [2.24, 2.45) is 0 Å². The molecule has 0 saturated heterocycles. The summed E-state index contributed by atoms with van der Waals surface area (Å²) in [4.78, 5) is 5.13. The molecule has 0 spiro atoms. The van der Waals surface area contributed by atoms with E-state index in [1.54, 1.807) is 11.3 Å². The molecule has 3 rings (SSSR count). The second kappa shape index (κ2) is 5.15. The molecule has 2 aromatic rings. The van der Waals surface area contributed by atoms with Gasteiger partial charge in [-0.1, -0.05) is 0 Å². The Balaban J connectivity index is 1.88. The van der Waals surface area contributed by atoms with Crippen LogP contribution in [0.15, 0.2) is 39.0 Å². The number of anilines is 2. The SMILES string of the molecule is Nc1ccc2c(c1)N(Cc1ccc(Br)s1)CCS2. The number of rotatable bonds is 2. The highest BCUT2D eigenvalue weighted by Gasteiger charge is 2.18. The van der Waals surface area contributed by atoms with Crippen LogP contribution in [0, 0.1) is 0 Å². The van der Waals surface area contributed by atoms with E-state index in [0.29, 0.717) is 0 Å². The third-order valence-corrected chi connectivity index (χ3v) is 5.57. The van der Waals surface area contributed by atoms with Gasteiger partial charge in [-0.15, -0.1) is 23.1 Å². The number of thiophene rings is 1. The summed E-state index contributed by atoms with van der Waals surface area (Å²) in [6.07, 6.45) is 0. The lowest BCUT2D eigenvalue weighted by Gasteiger charge is -2.30. The molecule has 0 unspecified atom stereocenters. The molecule has 0 radical (unpaired) electrons. The van der Waals surface area contributed by atoms with Gasteiger partial charge in [-0.2, -0.15) is 0 Å². The van der Waals surface area contributed by atoms with Crippen LogP contribution in [0.3, 0.4) is 0 Å². The summed E-state index contributed by atoms with van der Waals surface area (Å²) >= 11 is 7.23. The van der Waals surface area contributed by atoms with Crippen molar-refractivity contribution >= 4 is 50.4 Å². The van der Waals surface area contributed by atoms with Crippen molar-refractivity contribution in [1.29, 1.82) is 0 Å². The number of nitrogens with zero attached hydrogens (tertiary/aromatic N) is 1. The fourth-order valence-electron chi connectivity index (χ4n) is 2.08. The van der Waals surface area contributed by atoms with Gasteiger partial charge in [0.1, 0.15) is 0 Å². The lowest BCUT2D eigenvalue weighted by atomic mass is 10.2. The molecule has 1 aromatic carbocycles. The third-order valence-electron chi connectivity index (χ3n) is 2.92. The summed E-state index contributed by atoms with van der Waals surface area (Å²) < 4.78 is 1.19. The summed E-state index contributed by atoms with van der Waals surface area (Å²) in [6.45, 7) is 2.05. The molecule has 1 aliphatic heterocycles. The number of nitrogen functional groups attached to an aromatic ring is 1. The van der Waals surface area contributed by atoms with Crippen LogP contribution in [0.25, 0.3) is 0 Å². The average molecular weight is 341 g/mol. The van der Waals surface area contributed by atoms with Gasteiger partial charge in [0.05, 0.1) is 16.0 Å². The quantitative estimate of drug-likeness (QED) is 0.830. The summed E-state index contributed by atoms with van der Waals surface area (Å²) in [5, 5.41) is 0. The predicted molar refractivity (Wildman–Crippen MR) is 84.6 cm³/mol. The molecule has 2 nitrogen and oxygen atoms in total. The number of nitrogens with two attached hydrogens (primary N) is 1. The molecule has 2 heterocycles. The summed E-state index contributed by atoms with van der Waals surface area (Å²) in [5.74, 6) is 1.14. The molecule has 1 aromatic heterocycles. The first-order valence-corrected chi connectivity index (χ1v) is 8.33. The number of hydrogen-bond donors (Lipinski definition) is 1. The van der Waals surface area contributed by atoms with Crippen LogP contribution in [-0.4, -0.2) is 12.3 Å². The lowest BCUT2D eigenvalue weighted by Crippen LogP contribution is -2.28. The molecule has 0 saturated carbocycles. The molecule has 5 heteroatoms. The first-order chi connectivity index (χ1) is 8.72. The fourth-order valence-corrected chi connectivity index (χ4v) is 4.61. The van der Waals surface area contributed by atoms with E-state index in [1.165, 1.54) is 19.2 Å². The van der Waals surface area contributed by atoms with Gasteiger partial charge >= 0.3 is 0 Å². The number of benzene rings is 1. The second-order valence-corrected chi connectivity index (χ2v) is 7.89. The van der Waals surface area contributed by atoms with Crippen molar-refractivity contribution in [3.63, 3.8) is 0 Å². The minimum absolute atomic E-state index is 0.841. The Bertz CT molecular complexity index is 568. The largest absolute Gasteiger partial charge is 0.399 e. The first kappa shape index (κ1) is 12.4. The molecule has 0 atom stereocenters. The van der Waals surface area contributed by atoms with Crippen molar-refractivity contribution in [2.75, 3.05) is 22.9 Å². The van der Waals surface area contributed by atoms with Crippen LogP contribution in [0.4, 0.5) is 11.4 Å². The molecule has 1 aliphatic rings. The van der Waals surface area contributed by atoms with E-state index in [0.717, 1.165) is 24.5 Å². The van der Waals surface area contributed by atoms with Gasteiger partial charge in [-0.25, -0.2) is 0 Å². The molecule has 0 fully saturated rings. The zero-order valence-corrected chi connectivity index (χ0v) is 12.9. The Hall–Kier alpha value is -0.650. The molecular formula is C13H13BrN2S2. The molecule has 0 aliphatic carbocycles. The number of fused-ring (bicyclic) bond motifs is 1. The van der Waals surface area contributed by atoms with Gasteiger partial charge < -0.3 is 10.6 Å². The van der Waals surface area contributed by atoms with E-state index in [4.69, 9.17) is 5.73 Å². The van der Waals surface area contributed by atoms with Crippen molar-refractivity contribution in [3.8, 4) is 0 Å². The standard InChI is InChI=1S/C13H13BrN2S2/c14-13-4-2-10(18-13)8-16-5-6-17-12-3-1-9(15)7-11(12)16/h1-4,7H,5-6,8,15H2. The second-order valence-electron chi connectivity index (χ2n) is 4.20. The molecule has 2 N–H and O–H groups in total. The van der Waals surface area contributed by atoms with Crippen LogP contribution >= 0.6 is 39.0 Å². The van der Waals surface area contributed by atoms with Gasteiger partial charge in [-0.05, 0) is 46.3 Å². The maximum Gasteiger partial charge on any atom is 0.0702 e. The van der Waals surface area contributed by atoms with Gasteiger partial charge in [-0.3, -0.25) is 0 Å². The van der Waals surface area contributed by atoms with Crippen LogP contribution in [0.1, 0.15) is 4.88 Å². The van der Waals surface area contributed by atoms with Gasteiger partial charge in [0, 0.05) is 27.8 Å². The van der Waals surface area contributed by atoms with Crippen molar-refractivity contribution in [3.05, 3.63) is 39.0 Å². The van der Waals surface area contributed by atoms with Crippen LogP contribution < -0.4 is 10.6 Å². The Labute approximate surface area is 123 Å². The lowest BCUT2D eigenvalue weighted by molar-refractivity contribution is 0.827. The Morgan fingerprint density at radius 3 is 2.94 bits per heavy atom. The highest BCUT2D eigenvalue weighted by atomic mass is 79.9. The molecule has 0 amide bonds. The summed E-state index contributed by atoms with van der Waals surface area (Å²) in [6, 6.07) is 10.5.